The van der Waals surface area contributed by atoms with Crippen LogP contribution in [0.4, 0.5) is 11.6 Å². The molecule has 1 amide bonds. The van der Waals surface area contributed by atoms with Gasteiger partial charge in [-0.05, 0) is 53.2 Å². The van der Waals surface area contributed by atoms with Crippen molar-refractivity contribution in [2.24, 2.45) is 0 Å². The van der Waals surface area contributed by atoms with Gasteiger partial charge in [0.1, 0.15) is 18.0 Å². The minimum Gasteiger partial charge on any atom is -0.383 e. The van der Waals surface area contributed by atoms with Crippen LogP contribution >= 0.6 is 11.6 Å². The Hall–Kier alpha value is -3.17. The summed E-state index contributed by atoms with van der Waals surface area (Å²) in [6, 6.07) is 5.19. The molecule has 34 heavy (non-hydrogen) atoms. The summed E-state index contributed by atoms with van der Waals surface area (Å²) in [6.45, 7) is 11.0. The number of nitrogens with one attached hydrogen (secondary N) is 4. The monoisotopic (exact) mass is 485 g/mol. The predicted octanol–water partition coefficient (Wildman–Crippen LogP) is 4.36. The van der Waals surface area contributed by atoms with Gasteiger partial charge in [-0.25, -0.2) is 9.97 Å². The lowest BCUT2D eigenvalue weighted by Gasteiger charge is -2.23. The van der Waals surface area contributed by atoms with Gasteiger partial charge in [-0.1, -0.05) is 17.7 Å². The number of nitrogens with two attached hydrogens (primary N) is 1. The number of aromatic amines is 1. The van der Waals surface area contributed by atoms with E-state index in [1.54, 1.807) is 18.2 Å². The summed E-state index contributed by atoms with van der Waals surface area (Å²) in [5.41, 5.74) is 7.74. The molecule has 9 nitrogen and oxygen atoms in total. The van der Waals surface area contributed by atoms with Crippen LogP contribution in [0.2, 0.25) is 5.02 Å². The van der Waals surface area contributed by atoms with Crippen molar-refractivity contribution in [1.29, 1.82) is 5.41 Å². The second-order valence-electron chi connectivity index (χ2n) is 9.34. The number of anilines is 2. The van der Waals surface area contributed by atoms with Crippen LogP contribution in [0.5, 0.6) is 0 Å². The number of amides is 1. The van der Waals surface area contributed by atoms with E-state index in [0.29, 0.717) is 51.7 Å². The highest BCUT2D eigenvalue weighted by Crippen LogP contribution is 2.32. The molecule has 6 N–H and O–H groups in total. The van der Waals surface area contributed by atoms with E-state index in [1.165, 1.54) is 6.33 Å². The van der Waals surface area contributed by atoms with Gasteiger partial charge in [0.25, 0.3) is 5.91 Å². The minimum absolute atomic E-state index is 0.0576. The third-order valence-corrected chi connectivity index (χ3v) is 5.32. The fourth-order valence-electron chi connectivity index (χ4n) is 3.39. The number of nitrogens with zero attached hydrogens (tertiary/aromatic N) is 2. The zero-order valence-corrected chi connectivity index (χ0v) is 20.9. The zero-order chi connectivity index (χ0) is 25.0. The number of H-pyrrole nitrogens is 1. The van der Waals surface area contributed by atoms with Gasteiger partial charge in [-0.2, -0.15) is 0 Å². The highest BCUT2D eigenvalue weighted by atomic mass is 35.5. The summed E-state index contributed by atoms with van der Waals surface area (Å²) in [5, 5.41) is 16.0. The van der Waals surface area contributed by atoms with Crippen LogP contribution in [0.15, 0.2) is 24.5 Å². The topological polar surface area (TPSA) is 142 Å². The molecule has 0 unspecified atom stereocenters. The molecule has 0 spiro atoms. The molecule has 0 aliphatic heterocycles. The van der Waals surface area contributed by atoms with Crippen molar-refractivity contribution in [1.82, 2.24) is 20.3 Å². The van der Waals surface area contributed by atoms with Gasteiger partial charge in [-0.3, -0.25) is 10.2 Å². The molecule has 0 saturated heterocycles. The molecular weight excluding hydrogens is 454 g/mol. The molecule has 0 fully saturated rings. The largest absolute Gasteiger partial charge is 0.383 e. The van der Waals surface area contributed by atoms with Gasteiger partial charge in [-0.15, -0.1) is 0 Å². The first-order valence-corrected chi connectivity index (χ1v) is 11.5. The summed E-state index contributed by atoms with van der Waals surface area (Å²) < 4.78 is 5.49. The quantitative estimate of drug-likeness (QED) is 0.225. The number of benzene rings is 1. The molecule has 0 aliphatic rings. The number of rotatable bonds is 9. The first kappa shape index (κ1) is 25.5. The molecule has 3 rings (SSSR count). The molecule has 2 aromatic heterocycles. The molecule has 0 atom stereocenters. The molecule has 0 saturated carbocycles. The van der Waals surface area contributed by atoms with E-state index < -0.39 is 0 Å². The molecule has 3 aromatic rings. The minimum atomic E-state index is -0.302. The number of fused-ring (bicyclic) bond motifs is 1. The van der Waals surface area contributed by atoms with Gasteiger partial charge in [0.2, 0.25) is 0 Å². The van der Waals surface area contributed by atoms with Crippen LogP contribution in [0, 0.1) is 5.41 Å². The van der Waals surface area contributed by atoms with E-state index in [0.717, 1.165) is 6.42 Å². The second kappa shape index (κ2) is 10.4. The van der Waals surface area contributed by atoms with Gasteiger partial charge in [0, 0.05) is 35.2 Å². The highest BCUT2D eigenvalue weighted by Gasteiger charge is 2.23. The SMILES string of the molecule is CC(C)OCCCNC(=O)c1ccc2c(Cl)c(C(=N)c3c(N)ncnc3NC(C)(C)C)[nH]c2c1. The van der Waals surface area contributed by atoms with Crippen LogP contribution in [0.3, 0.4) is 0 Å². The predicted molar refractivity (Wildman–Crippen MR) is 137 cm³/mol. The Morgan fingerprint density at radius 1 is 1.29 bits per heavy atom. The molecular formula is C24H32ClN7O2. The first-order chi connectivity index (χ1) is 16.0. The third kappa shape index (κ3) is 6.03. The molecule has 1 aromatic carbocycles. The maximum absolute atomic E-state index is 12.6. The van der Waals surface area contributed by atoms with Crippen molar-refractivity contribution in [3.63, 3.8) is 0 Å². The lowest BCUT2D eigenvalue weighted by atomic mass is 10.1. The average molecular weight is 486 g/mol. The number of ether oxygens (including phenoxy) is 1. The Balaban J connectivity index is 1.85. The number of carbonyl (C=O) groups is 1. The molecule has 10 heteroatoms. The average Bonchev–Trinajstić information content (AvgIpc) is 3.07. The van der Waals surface area contributed by atoms with Crippen molar-refractivity contribution < 1.29 is 9.53 Å². The fraction of sp³-hybridized carbons (Fsp3) is 0.417. The van der Waals surface area contributed by atoms with Gasteiger partial charge < -0.3 is 26.1 Å². The molecule has 0 radical (unpaired) electrons. The van der Waals surface area contributed by atoms with E-state index in [2.05, 4.69) is 25.6 Å². The molecule has 0 aliphatic carbocycles. The summed E-state index contributed by atoms with van der Waals surface area (Å²) in [4.78, 5) is 24.1. The highest BCUT2D eigenvalue weighted by molar-refractivity contribution is 6.40. The van der Waals surface area contributed by atoms with Crippen LogP contribution in [0.25, 0.3) is 10.9 Å². The number of carbonyl (C=O) groups excluding carboxylic acids is 1. The van der Waals surface area contributed by atoms with Crippen LogP contribution < -0.4 is 16.4 Å². The van der Waals surface area contributed by atoms with Crippen LogP contribution in [-0.4, -0.2) is 51.4 Å². The normalized spacial score (nSPS) is 11.7. The zero-order valence-electron chi connectivity index (χ0n) is 20.2. The van der Waals surface area contributed by atoms with Crippen molar-refractivity contribution in [3.8, 4) is 0 Å². The number of nitrogen functional groups attached to an aromatic ring is 1. The van der Waals surface area contributed by atoms with Gasteiger partial charge >= 0.3 is 0 Å². The van der Waals surface area contributed by atoms with Crippen molar-refractivity contribution in [2.75, 3.05) is 24.2 Å². The lowest BCUT2D eigenvalue weighted by Crippen LogP contribution is -2.28. The summed E-state index contributed by atoms with van der Waals surface area (Å²) in [6.07, 6.45) is 2.25. The summed E-state index contributed by atoms with van der Waals surface area (Å²) in [5.74, 6) is 0.426. The van der Waals surface area contributed by atoms with Gasteiger partial charge in [0.05, 0.1) is 28.1 Å². The smallest absolute Gasteiger partial charge is 0.251 e. The number of hydrogen-bond donors (Lipinski definition) is 5. The Morgan fingerprint density at radius 3 is 2.71 bits per heavy atom. The first-order valence-electron chi connectivity index (χ1n) is 11.2. The van der Waals surface area contributed by atoms with E-state index in [9.17, 15) is 4.79 Å². The third-order valence-electron chi connectivity index (χ3n) is 4.93. The Kier molecular flexibility index (Phi) is 7.78. The molecule has 2 heterocycles. The maximum atomic E-state index is 12.6. The van der Waals surface area contributed by atoms with E-state index in [1.807, 2.05) is 34.6 Å². The molecule has 0 bridgehead atoms. The van der Waals surface area contributed by atoms with Crippen molar-refractivity contribution in [3.05, 3.63) is 46.4 Å². The Bertz CT molecular complexity index is 1200. The number of halogens is 1. The molecule has 182 valence electrons. The van der Waals surface area contributed by atoms with Crippen LogP contribution in [0.1, 0.15) is 62.7 Å². The van der Waals surface area contributed by atoms with Gasteiger partial charge in [0.15, 0.2) is 0 Å². The standard InChI is InChI=1S/C24H32ClN7O2/c1-13(2)34-10-6-9-28-23(33)14-7-8-15-16(11-14)31-20(18(15)25)19(26)17-21(27)29-12-30-22(17)32-24(3,4)5/h7-8,11-13,26,31H,6,9-10H2,1-5H3,(H,28,33)(H3,27,29,30,32). The number of aromatic nitrogens is 3. The maximum Gasteiger partial charge on any atom is 0.251 e. The summed E-state index contributed by atoms with van der Waals surface area (Å²) >= 11 is 6.63. The Labute approximate surface area is 204 Å². The van der Waals surface area contributed by atoms with E-state index >= 15 is 0 Å². The summed E-state index contributed by atoms with van der Waals surface area (Å²) in [7, 11) is 0. The van der Waals surface area contributed by atoms with E-state index in [4.69, 9.17) is 27.5 Å². The number of hydrogen-bond acceptors (Lipinski definition) is 7. The van der Waals surface area contributed by atoms with Crippen molar-refractivity contribution >= 4 is 45.8 Å². The second-order valence-corrected chi connectivity index (χ2v) is 9.71. The fourth-order valence-corrected chi connectivity index (χ4v) is 3.70. The van der Waals surface area contributed by atoms with Crippen LogP contribution in [-0.2, 0) is 4.74 Å². The van der Waals surface area contributed by atoms with E-state index in [-0.39, 0.29) is 29.1 Å². The van der Waals surface area contributed by atoms with Crippen molar-refractivity contribution in [2.45, 2.75) is 52.7 Å². The Morgan fingerprint density at radius 2 is 2.03 bits per heavy atom. The lowest BCUT2D eigenvalue weighted by molar-refractivity contribution is 0.0757.